The number of nitrogens with one attached hydrogen (secondary N) is 4. The SMILES string of the molecule is CC(=O)N[C@@H](Cc1ccc(OCc2ccccc2)cc1)C(=O)N[C@H](C(=O)N[C@@H](CCCCN=C(N)NS(=O)(=O)c1c(C)c(C)c2c(c1C)CCC(C)(C)O2)C(=O)Cc1ccccc1)[C@@H](C)OCc1ccccc1. The number of hydrogen-bond donors (Lipinski definition) is 5. The fourth-order valence-electron chi connectivity index (χ4n) is 8.83. The third-order valence-corrected chi connectivity index (χ3v) is 14.6. The maximum atomic E-state index is 14.5. The van der Waals surface area contributed by atoms with Crippen LogP contribution in [0.1, 0.15) is 97.9 Å². The van der Waals surface area contributed by atoms with Crippen LogP contribution in [0.5, 0.6) is 11.5 Å². The van der Waals surface area contributed by atoms with Crippen molar-refractivity contribution in [3.8, 4) is 11.5 Å². The maximum Gasteiger partial charge on any atom is 0.264 e. The number of sulfonamides is 1. The Bertz CT molecular complexity index is 2830. The molecule has 5 aromatic rings. The van der Waals surface area contributed by atoms with Crippen molar-refractivity contribution in [3.05, 3.63) is 160 Å². The molecule has 4 atom stereocenters. The van der Waals surface area contributed by atoms with Gasteiger partial charge in [-0.15, -0.1) is 0 Å². The summed E-state index contributed by atoms with van der Waals surface area (Å²) in [4.78, 5) is 59.8. The van der Waals surface area contributed by atoms with Crippen LogP contribution in [-0.2, 0) is 66.4 Å². The summed E-state index contributed by atoms with van der Waals surface area (Å²) in [5, 5.41) is 8.51. The number of carbonyl (C=O) groups excluding carboxylic acids is 4. The Hall–Kier alpha value is -7.04. The Labute approximate surface area is 430 Å². The van der Waals surface area contributed by atoms with Crippen molar-refractivity contribution in [1.82, 2.24) is 20.7 Å². The molecule has 0 bridgehead atoms. The maximum absolute atomic E-state index is 14.5. The summed E-state index contributed by atoms with van der Waals surface area (Å²) in [6.07, 6.45) is 1.64. The lowest BCUT2D eigenvalue weighted by Gasteiger charge is -2.35. The summed E-state index contributed by atoms with van der Waals surface area (Å²) >= 11 is 0. The van der Waals surface area contributed by atoms with Gasteiger partial charge in [-0.05, 0) is 130 Å². The molecule has 1 aliphatic heterocycles. The molecule has 388 valence electrons. The molecule has 0 aromatic heterocycles. The van der Waals surface area contributed by atoms with E-state index in [9.17, 15) is 27.6 Å². The number of guanidine groups is 1. The van der Waals surface area contributed by atoms with E-state index in [2.05, 4.69) is 25.7 Å². The van der Waals surface area contributed by atoms with E-state index in [0.717, 1.165) is 45.6 Å². The molecule has 0 unspecified atom stereocenters. The molecule has 6 N–H and O–H groups in total. The zero-order valence-electron chi connectivity index (χ0n) is 43.0. The zero-order chi connectivity index (χ0) is 52.7. The van der Waals surface area contributed by atoms with Crippen LogP contribution in [0, 0.1) is 20.8 Å². The van der Waals surface area contributed by atoms with E-state index in [4.69, 9.17) is 19.9 Å². The number of hydrogen-bond acceptors (Lipinski definition) is 10. The number of Topliss-reactive ketones (excluding diaryl/α,β-unsaturated/α-hetero) is 1. The highest BCUT2D eigenvalue weighted by Gasteiger charge is 2.35. The van der Waals surface area contributed by atoms with Crippen molar-refractivity contribution < 1.29 is 41.8 Å². The second-order valence-electron chi connectivity index (χ2n) is 19.3. The van der Waals surface area contributed by atoms with Gasteiger partial charge in [-0.25, -0.2) is 13.1 Å². The number of rotatable bonds is 24. The van der Waals surface area contributed by atoms with Gasteiger partial charge in [0, 0.05) is 26.3 Å². The molecule has 6 rings (SSSR count). The lowest BCUT2D eigenvalue weighted by Crippen LogP contribution is -2.59. The Morgan fingerprint density at radius 1 is 0.726 bits per heavy atom. The van der Waals surface area contributed by atoms with E-state index in [0.29, 0.717) is 42.7 Å². The summed E-state index contributed by atoms with van der Waals surface area (Å²) in [6.45, 7) is 13.1. The van der Waals surface area contributed by atoms with Crippen molar-refractivity contribution in [2.45, 2.75) is 141 Å². The minimum atomic E-state index is -4.12. The molecule has 0 aliphatic carbocycles. The third-order valence-electron chi connectivity index (χ3n) is 13.0. The number of fused-ring (bicyclic) bond motifs is 1. The molecule has 1 heterocycles. The first-order valence-electron chi connectivity index (χ1n) is 24.8. The van der Waals surface area contributed by atoms with Crippen LogP contribution in [0.3, 0.4) is 0 Å². The molecule has 16 heteroatoms. The molecule has 73 heavy (non-hydrogen) atoms. The molecule has 0 saturated heterocycles. The fourth-order valence-corrected chi connectivity index (χ4v) is 10.4. The van der Waals surface area contributed by atoms with Gasteiger partial charge in [0.1, 0.15) is 35.8 Å². The van der Waals surface area contributed by atoms with Gasteiger partial charge in [0.2, 0.25) is 23.7 Å². The highest BCUT2D eigenvalue weighted by atomic mass is 32.2. The summed E-state index contributed by atoms with van der Waals surface area (Å²) in [5.74, 6) is -0.901. The van der Waals surface area contributed by atoms with Gasteiger partial charge >= 0.3 is 0 Å². The van der Waals surface area contributed by atoms with Gasteiger partial charge in [-0.2, -0.15) is 0 Å². The Balaban J connectivity index is 1.15. The largest absolute Gasteiger partial charge is 0.489 e. The molecule has 5 aromatic carbocycles. The Morgan fingerprint density at radius 3 is 1.95 bits per heavy atom. The van der Waals surface area contributed by atoms with Crippen LogP contribution in [0.15, 0.2) is 125 Å². The first-order chi connectivity index (χ1) is 34.8. The van der Waals surface area contributed by atoms with E-state index in [-0.39, 0.29) is 54.7 Å². The number of unbranched alkanes of at least 4 members (excludes halogenated alkanes) is 1. The number of ether oxygens (including phenoxy) is 3. The predicted octanol–water partition coefficient (Wildman–Crippen LogP) is 7.19. The number of carbonyl (C=O) groups is 4. The van der Waals surface area contributed by atoms with Crippen molar-refractivity contribution >= 4 is 39.5 Å². The van der Waals surface area contributed by atoms with E-state index in [1.165, 1.54) is 6.92 Å². The van der Waals surface area contributed by atoms with Gasteiger partial charge in [-0.3, -0.25) is 24.2 Å². The predicted molar refractivity (Wildman–Crippen MR) is 283 cm³/mol. The summed E-state index contributed by atoms with van der Waals surface area (Å²) in [7, 11) is -4.12. The molecule has 0 radical (unpaired) electrons. The van der Waals surface area contributed by atoms with Gasteiger partial charge < -0.3 is 35.9 Å². The molecule has 3 amide bonds. The molecule has 0 fully saturated rings. The number of aliphatic imine (C=N–C) groups is 1. The second kappa shape index (κ2) is 25.6. The summed E-state index contributed by atoms with van der Waals surface area (Å²) < 4.78 is 48.5. The Kier molecular flexibility index (Phi) is 19.4. The average Bonchev–Trinajstić information content (AvgIpc) is 3.35. The minimum Gasteiger partial charge on any atom is -0.489 e. The highest BCUT2D eigenvalue weighted by molar-refractivity contribution is 7.90. The molecular formula is C57H70N6O9S. The first-order valence-corrected chi connectivity index (χ1v) is 26.3. The number of benzene rings is 5. The van der Waals surface area contributed by atoms with E-state index >= 15 is 0 Å². The van der Waals surface area contributed by atoms with Gasteiger partial charge in [0.15, 0.2) is 5.78 Å². The number of amides is 3. The molecule has 15 nitrogen and oxygen atoms in total. The third kappa shape index (κ3) is 16.0. The van der Waals surface area contributed by atoms with Crippen molar-refractivity contribution in [3.63, 3.8) is 0 Å². The number of nitrogens with zero attached hydrogens (tertiary/aromatic N) is 1. The van der Waals surface area contributed by atoms with E-state index < -0.39 is 52.0 Å². The molecular weight excluding hydrogens is 945 g/mol. The van der Waals surface area contributed by atoms with Crippen LogP contribution in [0.2, 0.25) is 0 Å². The van der Waals surface area contributed by atoms with E-state index in [1.807, 2.05) is 124 Å². The van der Waals surface area contributed by atoms with Crippen LogP contribution < -0.4 is 35.9 Å². The van der Waals surface area contributed by atoms with Crippen molar-refractivity contribution in [1.29, 1.82) is 0 Å². The number of ketones is 1. The van der Waals surface area contributed by atoms with Gasteiger partial charge in [0.05, 0.1) is 23.6 Å². The first kappa shape index (κ1) is 55.3. The lowest BCUT2D eigenvalue weighted by atomic mass is 9.88. The smallest absolute Gasteiger partial charge is 0.264 e. The standard InChI is InChI=1S/C57H70N6O9S/c1-37-38(2)53(39(3)47-30-31-57(6,7)72-52(37)47)73(68,69)63-56(58)59-32-18-17-25-48(50(65)34-42-19-11-8-12-20-42)61-55(67)51(40(4)70-35-44-21-13-9-14-22-44)62-54(66)49(60-41(5)64)33-43-26-28-46(29-27-43)71-36-45-23-15-10-16-24-45/h8-16,19-24,26-29,40,48-49,51H,17-18,25,30-36H2,1-7H3,(H,60,64)(H,61,67)(H,62,66)(H3,58,59,63)/t40-,48+,49+,51+/m1/s1. The fraction of sp³-hybridized carbons (Fsp3) is 0.386. The monoisotopic (exact) mass is 1010 g/mol. The van der Waals surface area contributed by atoms with Gasteiger partial charge in [-0.1, -0.05) is 103 Å². The second-order valence-corrected chi connectivity index (χ2v) is 20.9. The van der Waals surface area contributed by atoms with Gasteiger partial charge in [0.25, 0.3) is 10.0 Å². The van der Waals surface area contributed by atoms with Crippen LogP contribution in [-0.4, -0.2) is 74.3 Å². The normalized spacial score (nSPS) is 14.8. The lowest BCUT2D eigenvalue weighted by molar-refractivity contribution is -0.136. The number of nitrogens with two attached hydrogens (primary N) is 1. The van der Waals surface area contributed by atoms with Crippen molar-refractivity contribution in [2.24, 2.45) is 10.7 Å². The molecule has 0 saturated carbocycles. The topological polar surface area (TPSA) is 217 Å². The summed E-state index contributed by atoms with van der Waals surface area (Å²) in [6, 6.07) is 32.1. The van der Waals surface area contributed by atoms with Crippen LogP contribution in [0.25, 0.3) is 0 Å². The Morgan fingerprint density at radius 2 is 1.33 bits per heavy atom. The minimum absolute atomic E-state index is 0.0291. The van der Waals surface area contributed by atoms with Crippen LogP contribution in [0.4, 0.5) is 0 Å². The summed E-state index contributed by atoms with van der Waals surface area (Å²) in [5.41, 5.74) is 12.0. The van der Waals surface area contributed by atoms with Crippen LogP contribution >= 0.6 is 0 Å². The molecule has 1 aliphatic rings. The van der Waals surface area contributed by atoms with E-state index in [1.54, 1.807) is 32.9 Å². The molecule has 0 spiro atoms. The highest BCUT2D eigenvalue weighted by Crippen LogP contribution is 2.42. The van der Waals surface area contributed by atoms with Crippen molar-refractivity contribution in [2.75, 3.05) is 6.54 Å². The zero-order valence-corrected chi connectivity index (χ0v) is 43.8. The average molecular weight is 1020 g/mol. The quantitative estimate of drug-likeness (QED) is 0.0238.